The predicted octanol–water partition coefficient (Wildman–Crippen LogP) is -2.72. The molecular weight excluding hydrogens is 216 g/mol. The Morgan fingerprint density at radius 2 is 1.94 bits per heavy atom. The molecule has 1 amide bonds. The smallest absolute Gasteiger partial charge is 0.223 e. The number of carbonyl (C=O) groups excluding carboxylic acids is 1. The SMILES string of the molecule is C[C@@H]1O[C@@H](NC(=O)CCN)[C@@H](O)[C@H](O)[C@@H]1O. The molecule has 0 spiro atoms. The first-order chi connectivity index (χ1) is 7.47. The molecule has 5 atom stereocenters. The number of aliphatic hydroxyl groups is 3. The lowest BCUT2D eigenvalue weighted by Gasteiger charge is -2.39. The third-order valence-electron chi connectivity index (χ3n) is 2.53. The molecule has 7 nitrogen and oxygen atoms in total. The standard InChI is InChI=1S/C9H18N2O5/c1-4-6(13)7(14)8(15)9(16-4)11-5(12)2-3-10/h4,6-9,13-15H,2-3,10H2,1H3,(H,11,12)/t4-,6+,7+,8-,9+/m0/s1. The van der Waals surface area contributed by atoms with Gasteiger partial charge in [0.2, 0.25) is 5.91 Å². The minimum atomic E-state index is -1.35. The second kappa shape index (κ2) is 5.55. The molecule has 1 heterocycles. The number of nitrogens with two attached hydrogens (primary N) is 1. The van der Waals surface area contributed by atoms with E-state index in [1.165, 1.54) is 0 Å². The van der Waals surface area contributed by atoms with Gasteiger partial charge in [0.25, 0.3) is 0 Å². The first kappa shape index (κ1) is 13.3. The normalized spacial score (nSPS) is 39.4. The molecule has 16 heavy (non-hydrogen) atoms. The van der Waals surface area contributed by atoms with E-state index in [9.17, 15) is 20.1 Å². The van der Waals surface area contributed by atoms with E-state index in [-0.39, 0.29) is 18.9 Å². The van der Waals surface area contributed by atoms with Gasteiger partial charge in [-0.15, -0.1) is 0 Å². The van der Waals surface area contributed by atoms with Gasteiger partial charge in [0, 0.05) is 13.0 Å². The molecular formula is C9H18N2O5. The number of amides is 1. The number of carbonyl (C=O) groups is 1. The van der Waals surface area contributed by atoms with Crippen LogP contribution in [0.2, 0.25) is 0 Å². The fraction of sp³-hybridized carbons (Fsp3) is 0.889. The molecule has 1 aliphatic heterocycles. The van der Waals surface area contributed by atoms with Crippen LogP contribution in [0.3, 0.4) is 0 Å². The summed E-state index contributed by atoms with van der Waals surface area (Å²) in [5.41, 5.74) is 5.19. The number of ether oxygens (including phenoxy) is 1. The van der Waals surface area contributed by atoms with Crippen molar-refractivity contribution in [1.29, 1.82) is 0 Å². The van der Waals surface area contributed by atoms with Gasteiger partial charge >= 0.3 is 0 Å². The van der Waals surface area contributed by atoms with Gasteiger partial charge in [0.1, 0.15) is 18.3 Å². The van der Waals surface area contributed by atoms with Gasteiger partial charge in [-0.3, -0.25) is 4.79 Å². The average molecular weight is 234 g/mol. The number of nitrogens with one attached hydrogen (secondary N) is 1. The number of aliphatic hydroxyl groups excluding tert-OH is 3. The Morgan fingerprint density at radius 1 is 1.31 bits per heavy atom. The van der Waals surface area contributed by atoms with Crippen molar-refractivity contribution in [3.63, 3.8) is 0 Å². The van der Waals surface area contributed by atoms with E-state index in [0.717, 1.165) is 0 Å². The van der Waals surface area contributed by atoms with Gasteiger partial charge in [0.15, 0.2) is 6.23 Å². The highest BCUT2D eigenvalue weighted by atomic mass is 16.5. The Bertz CT molecular complexity index is 250. The number of hydrogen-bond acceptors (Lipinski definition) is 6. The van der Waals surface area contributed by atoms with Crippen LogP contribution in [0.25, 0.3) is 0 Å². The second-order valence-electron chi connectivity index (χ2n) is 3.84. The van der Waals surface area contributed by atoms with Crippen LogP contribution >= 0.6 is 0 Å². The summed E-state index contributed by atoms with van der Waals surface area (Å²) in [6, 6.07) is 0. The van der Waals surface area contributed by atoms with E-state index in [4.69, 9.17) is 10.5 Å². The van der Waals surface area contributed by atoms with Crippen LogP contribution in [-0.4, -0.2) is 58.4 Å². The Balaban J connectivity index is 2.57. The van der Waals surface area contributed by atoms with E-state index in [2.05, 4.69) is 5.32 Å². The number of rotatable bonds is 3. The van der Waals surface area contributed by atoms with Crippen LogP contribution in [0.15, 0.2) is 0 Å². The lowest BCUT2D eigenvalue weighted by molar-refractivity contribution is -0.224. The summed E-state index contributed by atoms with van der Waals surface area (Å²) in [4.78, 5) is 11.2. The predicted molar refractivity (Wildman–Crippen MR) is 54.2 cm³/mol. The average Bonchev–Trinajstić information content (AvgIpc) is 2.23. The summed E-state index contributed by atoms with van der Waals surface area (Å²) in [6.45, 7) is 1.73. The molecule has 94 valence electrons. The summed E-state index contributed by atoms with van der Waals surface area (Å²) in [7, 11) is 0. The fourth-order valence-corrected chi connectivity index (χ4v) is 1.53. The zero-order chi connectivity index (χ0) is 12.3. The van der Waals surface area contributed by atoms with Gasteiger partial charge in [-0.2, -0.15) is 0 Å². The molecule has 1 aliphatic rings. The molecule has 0 aliphatic carbocycles. The van der Waals surface area contributed by atoms with Crippen molar-refractivity contribution < 1.29 is 24.9 Å². The maximum Gasteiger partial charge on any atom is 0.223 e. The summed E-state index contributed by atoms with van der Waals surface area (Å²) in [5, 5.41) is 30.8. The molecule has 0 aromatic rings. The monoisotopic (exact) mass is 234 g/mol. The van der Waals surface area contributed by atoms with Crippen LogP contribution in [-0.2, 0) is 9.53 Å². The van der Waals surface area contributed by atoms with E-state index < -0.39 is 30.6 Å². The Hall–Kier alpha value is -0.730. The quantitative estimate of drug-likeness (QED) is 0.361. The highest BCUT2D eigenvalue weighted by Crippen LogP contribution is 2.19. The Labute approximate surface area is 93.2 Å². The van der Waals surface area contributed by atoms with Gasteiger partial charge in [-0.05, 0) is 6.92 Å². The summed E-state index contributed by atoms with van der Waals surface area (Å²) >= 11 is 0. The molecule has 1 saturated heterocycles. The van der Waals surface area contributed by atoms with E-state index in [1.807, 2.05) is 0 Å². The van der Waals surface area contributed by atoms with Gasteiger partial charge in [-0.25, -0.2) is 0 Å². The Kier molecular flexibility index (Phi) is 4.63. The van der Waals surface area contributed by atoms with E-state index in [0.29, 0.717) is 0 Å². The molecule has 7 heteroatoms. The van der Waals surface area contributed by atoms with Crippen molar-refractivity contribution in [2.24, 2.45) is 5.73 Å². The zero-order valence-corrected chi connectivity index (χ0v) is 9.04. The highest BCUT2D eigenvalue weighted by molar-refractivity contribution is 5.76. The van der Waals surface area contributed by atoms with Crippen molar-refractivity contribution in [2.45, 2.75) is 44.0 Å². The third kappa shape index (κ3) is 2.89. The molecule has 1 rings (SSSR count). The lowest BCUT2D eigenvalue weighted by atomic mass is 9.99. The van der Waals surface area contributed by atoms with Crippen molar-refractivity contribution in [3.8, 4) is 0 Å². The molecule has 1 fully saturated rings. The van der Waals surface area contributed by atoms with E-state index in [1.54, 1.807) is 6.92 Å². The van der Waals surface area contributed by atoms with Crippen LogP contribution < -0.4 is 11.1 Å². The van der Waals surface area contributed by atoms with Crippen LogP contribution in [0, 0.1) is 0 Å². The van der Waals surface area contributed by atoms with E-state index >= 15 is 0 Å². The summed E-state index contributed by atoms with van der Waals surface area (Å²) < 4.78 is 5.17. The first-order valence-electron chi connectivity index (χ1n) is 5.16. The largest absolute Gasteiger partial charge is 0.388 e. The van der Waals surface area contributed by atoms with Gasteiger partial charge in [0.05, 0.1) is 6.10 Å². The van der Waals surface area contributed by atoms with Crippen molar-refractivity contribution in [1.82, 2.24) is 5.32 Å². The molecule has 6 N–H and O–H groups in total. The molecule has 0 aromatic heterocycles. The van der Waals surface area contributed by atoms with Crippen LogP contribution in [0.1, 0.15) is 13.3 Å². The van der Waals surface area contributed by atoms with Gasteiger partial charge < -0.3 is 31.1 Å². The summed E-state index contributed by atoms with van der Waals surface area (Å²) in [6.07, 6.45) is -5.44. The van der Waals surface area contributed by atoms with Crippen molar-refractivity contribution in [3.05, 3.63) is 0 Å². The molecule has 0 aromatic carbocycles. The van der Waals surface area contributed by atoms with Crippen LogP contribution in [0.4, 0.5) is 0 Å². The Morgan fingerprint density at radius 3 is 2.50 bits per heavy atom. The lowest BCUT2D eigenvalue weighted by Crippen LogP contribution is -2.61. The second-order valence-corrected chi connectivity index (χ2v) is 3.84. The summed E-state index contributed by atoms with van der Waals surface area (Å²) in [5.74, 6) is -0.373. The highest BCUT2D eigenvalue weighted by Gasteiger charge is 2.42. The third-order valence-corrected chi connectivity index (χ3v) is 2.53. The first-order valence-corrected chi connectivity index (χ1v) is 5.16. The fourth-order valence-electron chi connectivity index (χ4n) is 1.53. The van der Waals surface area contributed by atoms with Gasteiger partial charge in [-0.1, -0.05) is 0 Å². The minimum Gasteiger partial charge on any atom is -0.388 e. The topological polar surface area (TPSA) is 125 Å². The zero-order valence-electron chi connectivity index (χ0n) is 9.04. The minimum absolute atomic E-state index is 0.111. The molecule has 0 unspecified atom stereocenters. The van der Waals surface area contributed by atoms with Crippen molar-refractivity contribution in [2.75, 3.05) is 6.54 Å². The molecule has 0 saturated carbocycles. The maximum absolute atomic E-state index is 11.2. The number of hydrogen-bond donors (Lipinski definition) is 5. The van der Waals surface area contributed by atoms with Crippen molar-refractivity contribution >= 4 is 5.91 Å². The molecule has 0 bridgehead atoms. The van der Waals surface area contributed by atoms with Crippen LogP contribution in [0.5, 0.6) is 0 Å². The maximum atomic E-state index is 11.2. The molecule has 0 radical (unpaired) electrons.